The van der Waals surface area contributed by atoms with Gasteiger partial charge in [0.1, 0.15) is 11.4 Å². The lowest BCUT2D eigenvalue weighted by atomic mass is 9.99. The molecule has 3 aromatic carbocycles. The molecule has 34 heavy (non-hydrogen) atoms. The fourth-order valence-electron chi connectivity index (χ4n) is 3.50. The van der Waals surface area contributed by atoms with Crippen molar-refractivity contribution in [2.75, 3.05) is 0 Å². The summed E-state index contributed by atoms with van der Waals surface area (Å²) in [4.78, 5) is 0. The van der Waals surface area contributed by atoms with Crippen LogP contribution in [0.2, 0.25) is 0 Å². The summed E-state index contributed by atoms with van der Waals surface area (Å²) in [5.41, 5.74) is 6.42. The quantitative estimate of drug-likeness (QED) is 0.351. The smallest absolute Gasteiger partial charge is 0.222 e. The Morgan fingerprint density at radius 3 is 1.38 bits per heavy atom. The molecule has 0 aliphatic heterocycles. The van der Waals surface area contributed by atoms with Gasteiger partial charge in [-0.1, -0.05) is 96.2 Å². The highest BCUT2D eigenvalue weighted by Crippen LogP contribution is 2.29. The van der Waals surface area contributed by atoms with Gasteiger partial charge in [-0.15, -0.1) is 10.2 Å². The van der Waals surface area contributed by atoms with E-state index in [9.17, 15) is 0 Å². The van der Waals surface area contributed by atoms with Crippen LogP contribution in [0.4, 0.5) is 0 Å². The highest BCUT2D eigenvalue weighted by atomic mass is 35.7. The molecule has 0 bridgehead atoms. The standard InChI is InChI=1S/C24H18N5.ClHO4/c1-4-10-18(11-5-1)21-16-22(19-12-6-2-7-13-19)29(24-25-27-28-26-24)23(17-21)20-14-8-3-9-15-20;2-1(3,4)5/h1-17H,(H,25,26,27,28);(H,2,3,4,5)/q+1;/p-1. The second kappa shape index (κ2) is 10.3. The molecule has 0 amide bonds. The van der Waals surface area contributed by atoms with Crippen LogP contribution in [-0.4, -0.2) is 20.6 Å². The third kappa shape index (κ3) is 5.87. The normalized spacial score (nSPS) is 10.9. The van der Waals surface area contributed by atoms with Crippen molar-refractivity contribution in [2.45, 2.75) is 0 Å². The van der Waals surface area contributed by atoms with Crippen LogP contribution >= 0.6 is 0 Å². The summed E-state index contributed by atoms with van der Waals surface area (Å²) in [6, 6.07) is 35.3. The average molecular weight is 476 g/mol. The maximum absolute atomic E-state index is 8.49. The first-order chi connectivity index (χ1) is 16.4. The van der Waals surface area contributed by atoms with Gasteiger partial charge in [-0.3, -0.25) is 0 Å². The zero-order chi connectivity index (χ0) is 24.0. The monoisotopic (exact) mass is 475 g/mol. The molecule has 0 spiro atoms. The molecule has 0 atom stereocenters. The van der Waals surface area contributed by atoms with E-state index in [2.05, 4.69) is 81.3 Å². The summed E-state index contributed by atoms with van der Waals surface area (Å²) in [6.45, 7) is 0. The fourth-order valence-corrected chi connectivity index (χ4v) is 3.50. The largest absolute Gasteiger partial charge is 0.484 e. The Labute approximate surface area is 197 Å². The topological polar surface area (TPSA) is 151 Å². The summed E-state index contributed by atoms with van der Waals surface area (Å²) in [7, 11) is -4.94. The Morgan fingerprint density at radius 1 is 0.588 bits per heavy atom. The first-order valence-corrected chi connectivity index (χ1v) is 11.3. The van der Waals surface area contributed by atoms with Crippen LogP contribution in [0.25, 0.3) is 39.6 Å². The number of nitrogens with zero attached hydrogens (tertiary/aromatic N) is 4. The van der Waals surface area contributed by atoms with Crippen molar-refractivity contribution in [1.82, 2.24) is 20.6 Å². The van der Waals surface area contributed by atoms with Crippen molar-refractivity contribution < 1.29 is 33.4 Å². The molecular weight excluding hydrogens is 458 g/mol. The number of aromatic nitrogens is 5. The van der Waals surface area contributed by atoms with E-state index >= 15 is 0 Å². The highest BCUT2D eigenvalue weighted by molar-refractivity contribution is 5.74. The third-order valence-corrected chi connectivity index (χ3v) is 4.85. The zero-order valence-corrected chi connectivity index (χ0v) is 18.4. The second-order valence-corrected chi connectivity index (χ2v) is 7.79. The highest BCUT2D eigenvalue weighted by Gasteiger charge is 2.24. The van der Waals surface area contributed by atoms with Gasteiger partial charge >= 0.3 is 5.95 Å². The fraction of sp³-hybridized carbons (Fsp3) is 0. The van der Waals surface area contributed by atoms with E-state index in [0.29, 0.717) is 5.95 Å². The molecule has 2 heterocycles. The maximum Gasteiger partial charge on any atom is 0.484 e. The zero-order valence-electron chi connectivity index (χ0n) is 17.6. The molecule has 170 valence electrons. The number of tetrazole rings is 1. The van der Waals surface area contributed by atoms with Crippen LogP contribution in [0.15, 0.2) is 103 Å². The third-order valence-electron chi connectivity index (χ3n) is 4.85. The van der Waals surface area contributed by atoms with Crippen molar-refractivity contribution in [1.29, 1.82) is 0 Å². The molecule has 1 N–H and O–H groups in total. The summed E-state index contributed by atoms with van der Waals surface area (Å²) >= 11 is 0. The predicted molar refractivity (Wildman–Crippen MR) is 112 cm³/mol. The minimum atomic E-state index is -4.94. The lowest BCUT2D eigenvalue weighted by Gasteiger charge is -2.17. The summed E-state index contributed by atoms with van der Waals surface area (Å²) < 4.78 is 36.0. The molecule has 0 unspecified atom stereocenters. The Balaban J connectivity index is 0.000000499. The second-order valence-electron chi connectivity index (χ2n) is 7.04. The van der Waals surface area contributed by atoms with Gasteiger partial charge in [0.2, 0.25) is 0 Å². The summed E-state index contributed by atoms with van der Waals surface area (Å²) in [5.74, 6) is 0.502. The Bertz CT molecular complexity index is 1260. The number of hydrogen-bond acceptors (Lipinski definition) is 7. The van der Waals surface area contributed by atoms with Crippen LogP contribution in [-0.2, 0) is 0 Å². The van der Waals surface area contributed by atoms with Crippen LogP contribution in [0.5, 0.6) is 0 Å². The Hall–Kier alpha value is -3.99. The van der Waals surface area contributed by atoms with Crippen molar-refractivity contribution >= 4 is 0 Å². The molecule has 0 aliphatic carbocycles. The predicted octanol–water partition coefficient (Wildman–Crippen LogP) is -0.279. The number of aromatic amines is 1. The number of benzene rings is 3. The van der Waals surface area contributed by atoms with Gasteiger partial charge in [0.25, 0.3) is 0 Å². The Morgan fingerprint density at radius 2 is 1.00 bits per heavy atom. The van der Waals surface area contributed by atoms with Crippen molar-refractivity contribution in [3.63, 3.8) is 0 Å². The van der Waals surface area contributed by atoms with E-state index < -0.39 is 10.2 Å². The number of nitrogens with one attached hydrogen (secondary N) is 1. The molecule has 0 saturated carbocycles. The van der Waals surface area contributed by atoms with Crippen LogP contribution < -0.4 is 23.2 Å². The number of pyridine rings is 1. The number of H-pyrrole nitrogens is 1. The number of hydrogen-bond donors (Lipinski definition) is 1. The molecule has 5 aromatic rings. The minimum absolute atomic E-state index is 0.502. The van der Waals surface area contributed by atoms with E-state index in [1.165, 1.54) is 0 Å². The molecule has 2 aromatic heterocycles. The van der Waals surface area contributed by atoms with Crippen molar-refractivity contribution in [3.8, 4) is 39.6 Å². The van der Waals surface area contributed by atoms with E-state index in [-0.39, 0.29) is 0 Å². The lowest BCUT2D eigenvalue weighted by molar-refractivity contribution is -2.00. The van der Waals surface area contributed by atoms with E-state index in [4.69, 9.17) is 18.6 Å². The van der Waals surface area contributed by atoms with Crippen LogP contribution in [0, 0.1) is 10.2 Å². The first-order valence-electron chi connectivity index (χ1n) is 10.0. The van der Waals surface area contributed by atoms with Crippen molar-refractivity contribution in [2.24, 2.45) is 0 Å². The Kier molecular flexibility index (Phi) is 7.02. The van der Waals surface area contributed by atoms with Gasteiger partial charge in [-0.05, 0) is 23.3 Å². The summed E-state index contributed by atoms with van der Waals surface area (Å²) in [6.07, 6.45) is 0. The summed E-state index contributed by atoms with van der Waals surface area (Å²) in [5, 5.41) is 14.9. The number of rotatable bonds is 4. The van der Waals surface area contributed by atoms with Crippen LogP contribution in [0.1, 0.15) is 0 Å². The molecule has 0 radical (unpaired) electrons. The van der Waals surface area contributed by atoms with E-state index in [0.717, 1.165) is 33.6 Å². The van der Waals surface area contributed by atoms with E-state index in [1.807, 2.05) is 47.0 Å². The van der Waals surface area contributed by atoms with Gasteiger partial charge in [0, 0.05) is 21.4 Å². The molecule has 0 aliphatic rings. The van der Waals surface area contributed by atoms with Crippen molar-refractivity contribution in [3.05, 3.63) is 103 Å². The molecule has 10 heteroatoms. The van der Waals surface area contributed by atoms with Gasteiger partial charge < -0.3 is 0 Å². The molecule has 5 rings (SSSR count). The van der Waals surface area contributed by atoms with Gasteiger partial charge in [0.05, 0.1) is 5.10 Å². The molecular formula is C24H18ClN5O4. The SMILES string of the molecule is [O-][Cl+3]([O-])([O-])[O-].c1ccc(-c2cc(-c3ccccc3)[n+](-c3nn[nH]n3)c(-c3ccccc3)c2)cc1. The van der Waals surface area contributed by atoms with Crippen LogP contribution in [0.3, 0.4) is 0 Å². The number of halogens is 1. The maximum atomic E-state index is 8.49. The molecule has 0 fully saturated rings. The van der Waals surface area contributed by atoms with E-state index in [1.54, 1.807) is 0 Å². The minimum Gasteiger partial charge on any atom is -0.222 e. The first kappa shape index (κ1) is 23.2. The van der Waals surface area contributed by atoms with Gasteiger partial charge in [-0.25, -0.2) is 18.6 Å². The van der Waals surface area contributed by atoms with Gasteiger partial charge in [-0.2, -0.15) is 4.57 Å². The molecule has 9 nitrogen and oxygen atoms in total. The lowest BCUT2D eigenvalue weighted by Crippen LogP contribution is -2.68. The van der Waals surface area contributed by atoms with Gasteiger partial charge in [0.15, 0.2) is 0 Å². The molecule has 0 saturated heterocycles. The average Bonchev–Trinajstić information content (AvgIpc) is 3.38.